The largest absolute Gasteiger partial charge is 0.328 e. The Morgan fingerprint density at radius 3 is 2.89 bits per heavy atom. The first kappa shape index (κ1) is 16.4. The molecule has 1 fully saturated rings. The van der Waals surface area contributed by atoms with Crippen LogP contribution in [0.1, 0.15) is 28.8 Å². The molecule has 0 bridgehead atoms. The summed E-state index contributed by atoms with van der Waals surface area (Å²) in [4.78, 5) is 35.5. The minimum Gasteiger partial charge on any atom is -0.328 e. The molecule has 3 aromatic rings. The topological polar surface area (TPSA) is 79.6 Å². The van der Waals surface area contributed by atoms with Crippen LogP contribution in [0.2, 0.25) is 0 Å². The molecule has 1 saturated carbocycles. The summed E-state index contributed by atoms with van der Waals surface area (Å²) in [5, 5.41) is 2.79. The van der Waals surface area contributed by atoms with E-state index in [4.69, 9.17) is 0 Å². The molecule has 5 rings (SSSR count). The number of hydrogen-bond donors (Lipinski definition) is 1. The predicted molar refractivity (Wildman–Crippen MR) is 103 cm³/mol. The molecular weight excluding hydrogens is 410 g/mol. The van der Waals surface area contributed by atoms with Gasteiger partial charge in [-0.3, -0.25) is 19.3 Å². The Morgan fingerprint density at radius 1 is 1.22 bits per heavy atom. The SMILES string of the molecule is O=C(CN1CC2(CC2)c2cc(Br)ccc2C1=O)Nc1nccc2nccn12. The second-order valence-electron chi connectivity index (χ2n) is 7.10. The molecular formula is C19H16BrN5O2. The number of imidazole rings is 1. The predicted octanol–water partition coefficient (Wildman–Crippen LogP) is 2.62. The third kappa shape index (κ3) is 2.71. The molecule has 0 saturated heterocycles. The minimum atomic E-state index is -0.270. The zero-order valence-corrected chi connectivity index (χ0v) is 15.9. The van der Waals surface area contributed by atoms with E-state index in [9.17, 15) is 9.59 Å². The number of nitrogens with one attached hydrogen (secondary N) is 1. The molecule has 1 aromatic carbocycles. The molecule has 0 atom stereocenters. The number of halogens is 1. The highest BCUT2D eigenvalue weighted by Crippen LogP contribution is 2.52. The van der Waals surface area contributed by atoms with Crippen molar-refractivity contribution in [1.29, 1.82) is 0 Å². The molecule has 1 spiro atoms. The van der Waals surface area contributed by atoms with Gasteiger partial charge in [0.1, 0.15) is 12.2 Å². The summed E-state index contributed by atoms with van der Waals surface area (Å²) < 4.78 is 2.68. The van der Waals surface area contributed by atoms with E-state index in [2.05, 4.69) is 31.2 Å². The Kier molecular flexibility index (Phi) is 3.58. The van der Waals surface area contributed by atoms with Crippen LogP contribution >= 0.6 is 15.9 Å². The van der Waals surface area contributed by atoms with Gasteiger partial charge in [-0.1, -0.05) is 15.9 Å². The Balaban J connectivity index is 1.38. The van der Waals surface area contributed by atoms with Gasteiger partial charge in [-0.15, -0.1) is 0 Å². The van der Waals surface area contributed by atoms with Crippen LogP contribution in [0.3, 0.4) is 0 Å². The van der Waals surface area contributed by atoms with Gasteiger partial charge < -0.3 is 4.90 Å². The molecule has 2 aromatic heterocycles. The number of hydrogen-bond acceptors (Lipinski definition) is 4. The summed E-state index contributed by atoms with van der Waals surface area (Å²) in [6, 6.07) is 7.52. The van der Waals surface area contributed by atoms with Gasteiger partial charge in [0, 0.05) is 40.6 Å². The fourth-order valence-corrected chi connectivity index (χ4v) is 4.19. The Labute approximate surface area is 163 Å². The molecule has 8 heteroatoms. The summed E-state index contributed by atoms with van der Waals surface area (Å²) >= 11 is 3.50. The zero-order chi connectivity index (χ0) is 18.6. The van der Waals surface area contributed by atoms with Crippen molar-refractivity contribution in [3.05, 3.63) is 58.5 Å². The number of carbonyl (C=O) groups excluding carboxylic acids is 2. The Bertz CT molecular complexity index is 1090. The van der Waals surface area contributed by atoms with Crippen LogP contribution in [0.5, 0.6) is 0 Å². The molecule has 136 valence electrons. The quantitative estimate of drug-likeness (QED) is 0.699. The van der Waals surface area contributed by atoms with Crippen molar-refractivity contribution in [2.75, 3.05) is 18.4 Å². The molecule has 1 aliphatic carbocycles. The maximum atomic E-state index is 12.9. The van der Waals surface area contributed by atoms with Gasteiger partial charge in [0.25, 0.3) is 5.91 Å². The van der Waals surface area contributed by atoms with E-state index in [1.165, 1.54) is 0 Å². The maximum Gasteiger partial charge on any atom is 0.254 e. The van der Waals surface area contributed by atoms with Gasteiger partial charge in [-0.05, 0) is 42.7 Å². The van der Waals surface area contributed by atoms with Crippen molar-refractivity contribution in [3.8, 4) is 0 Å². The average Bonchev–Trinajstić information content (AvgIpc) is 3.24. The number of anilines is 1. The molecule has 2 aliphatic rings. The number of nitrogens with zero attached hydrogens (tertiary/aromatic N) is 4. The number of aromatic nitrogens is 3. The minimum absolute atomic E-state index is 0.00283. The Morgan fingerprint density at radius 2 is 2.07 bits per heavy atom. The fourth-order valence-electron chi connectivity index (χ4n) is 3.82. The third-order valence-electron chi connectivity index (χ3n) is 5.32. The molecule has 3 heterocycles. The van der Waals surface area contributed by atoms with Crippen LogP contribution in [0.4, 0.5) is 5.95 Å². The van der Waals surface area contributed by atoms with Gasteiger partial charge in [-0.2, -0.15) is 0 Å². The lowest BCUT2D eigenvalue weighted by Gasteiger charge is -2.34. The van der Waals surface area contributed by atoms with Gasteiger partial charge >= 0.3 is 0 Å². The molecule has 7 nitrogen and oxygen atoms in total. The van der Waals surface area contributed by atoms with Gasteiger partial charge in [0.2, 0.25) is 11.9 Å². The van der Waals surface area contributed by atoms with Gasteiger partial charge in [0.15, 0.2) is 0 Å². The molecule has 1 N–H and O–H groups in total. The van der Waals surface area contributed by atoms with Crippen molar-refractivity contribution in [1.82, 2.24) is 19.3 Å². The fraction of sp³-hybridized carbons (Fsp3) is 0.263. The lowest BCUT2D eigenvalue weighted by atomic mass is 9.86. The molecule has 0 radical (unpaired) electrons. The maximum absolute atomic E-state index is 12.9. The summed E-state index contributed by atoms with van der Waals surface area (Å²) in [6.07, 6.45) is 7.05. The van der Waals surface area contributed by atoms with Crippen LogP contribution in [-0.4, -0.2) is 44.2 Å². The highest BCUT2D eigenvalue weighted by molar-refractivity contribution is 9.10. The van der Waals surface area contributed by atoms with Crippen LogP contribution in [0.15, 0.2) is 47.3 Å². The summed E-state index contributed by atoms with van der Waals surface area (Å²) in [5.74, 6) is 0.0253. The van der Waals surface area contributed by atoms with Crippen molar-refractivity contribution >= 4 is 39.3 Å². The van der Waals surface area contributed by atoms with Crippen molar-refractivity contribution < 1.29 is 9.59 Å². The van der Waals surface area contributed by atoms with E-state index in [1.807, 2.05) is 18.2 Å². The number of carbonyl (C=O) groups is 2. The van der Waals surface area contributed by atoms with E-state index in [0.717, 1.165) is 22.9 Å². The van der Waals surface area contributed by atoms with Crippen LogP contribution in [-0.2, 0) is 10.2 Å². The standard InChI is InChI=1S/C19H16BrN5O2/c20-12-1-2-13-14(9-12)19(4-5-19)11-24(17(13)27)10-16(26)23-18-22-6-3-15-21-7-8-25(15)18/h1-3,6-9H,4-5,10-11H2,(H,22,23,26). The normalized spacial score (nSPS) is 17.2. The third-order valence-corrected chi connectivity index (χ3v) is 5.81. The van der Waals surface area contributed by atoms with Crippen LogP contribution in [0, 0.1) is 0 Å². The monoisotopic (exact) mass is 425 g/mol. The van der Waals surface area contributed by atoms with Crippen molar-refractivity contribution in [2.24, 2.45) is 0 Å². The smallest absolute Gasteiger partial charge is 0.254 e. The first-order chi connectivity index (χ1) is 13.1. The number of benzene rings is 1. The van der Waals surface area contributed by atoms with E-state index >= 15 is 0 Å². The molecule has 0 unspecified atom stereocenters. The summed E-state index contributed by atoms with van der Waals surface area (Å²) in [5.41, 5.74) is 2.49. The first-order valence-corrected chi connectivity index (χ1v) is 9.52. The molecule has 2 amide bonds. The second kappa shape index (κ2) is 5.88. The van der Waals surface area contributed by atoms with Crippen LogP contribution in [0.25, 0.3) is 5.65 Å². The number of fused-ring (bicyclic) bond motifs is 3. The zero-order valence-electron chi connectivity index (χ0n) is 14.4. The lowest BCUT2D eigenvalue weighted by Crippen LogP contribution is -2.46. The molecule has 27 heavy (non-hydrogen) atoms. The summed E-state index contributed by atoms with van der Waals surface area (Å²) in [6.45, 7) is 0.578. The van der Waals surface area contributed by atoms with Crippen LogP contribution < -0.4 is 5.32 Å². The van der Waals surface area contributed by atoms with E-state index < -0.39 is 0 Å². The first-order valence-electron chi connectivity index (χ1n) is 8.73. The van der Waals surface area contributed by atoms with E-state index in [-0.39, 0.29) is 23.8 Å². The highest BCUT2D eigenvalue weighted by Gasteiger charge is 2.51. The Hall–Kier alpha value is -2.74. The molecule has 1 aliphatic heterocycles. The average molecular weight is 426 g/mol. The van der Waals surface area contributed by atoms with Gasteiger partial charge in [0.05, 0.1) is 0 Å². The summed E-state index contributed by atoms with van der Waals surface area (Å²) in [7, 11) is 0. The second-order valence-corrected chi connectivity index (χ2v) is 8.02. The number of rotatable bonds is 3. The van der Waals surface area contributed by atoms with E-state index in [0.29, 0.717) is 23.7 Å². The van der Waals surface area contributed by atoms with Gasteiger partial charge in [-0.25, -0.2) is 9.97 Å². The highest BCUT2D eigenvalue weighted by atomic mass is 79.9. The number of amides is 2. The lowest BCUT2D eigenvalue weighted by molar-refractivity contribution is -0.117. The van der Waals surface area contributed by atoms with Crippen molar-refractivity contribution in [3.63, 3.8) is 0 Å². The van der Waals surface area contributed by atoms with Crippen molar-refractivity contribution in [2.45, 2.75) is 18.3 Å². The van der Waals surface area contributed by atoms with E-state index in [1.54, 1.807) is 34.0 Å².